The van der Waals surface area contributed by atoms with Gasteiger partial charge in [-0.25, -0.2) is 18.7 Å². The van der Waals surface area contributed by atoms with Gasteiger partial charge in [0, 0.05) is 18.5 Å². The summed E-state index contributed by atoms with van der Waals surface area (Å²) in [5.74, 6) is 0.494. The lowest BCUT2D eigenvalue weighted by Crippen LogP contribution is -1.99. The molecular weight excluding hydrogens is 358 g/mol. The summed E-state index contributed by atoms with van der Waals surface area (Å²) in [5.41, 5.74) is 1.29. The van der Waals surface area contributed by atoms with Crippen LogP contribution in [-0.4, -0.2) is 22.7 Å². The Bertz CT molecular complexity index is 690. The number of benzene rings is 1. The highest BCUT2D eigenvalue weighted by Crippen LogP contribution is 2.24. The first-order valence-corrected chi connectivity index (χ1v) is 10.5. The summed E-state index contributed by atoms with van der Waals surface area (Å²) in [6.45, 7) is 4.37. The minimum absolute atomic E-state index is 0.350. The van der Waals surface area contributed by atoms with Crippen LogP contribution in [0.1, 0.15) is 70.8 Å². The van der Waals surface area contributed by atoms with Crippen molar-refractivity contribution >= 4 is 0 Å². The maximum Gasteiger partial charge on any atom is 0.162 e. The van der Waals surface area contributed by atoms with Gasteiger partial charge in [0.1, 0.15) is 11.6 Å². The number of hydrogen-bond donors (Lipinski definition) is 0. The average Bonchev–Trinajstić information content (AvgIpc) is 2.68. The summed E-state index contributed by atoms with van der Waals surface area (Å²) in [6.07, 6.45) is 11.7. The minimum Gasteiger partial charge on any atom is -0.493 e. The zero-order chi connectivity index (χ0) is 20.2. The van der Waals surface area contributed by atoms with Gasteiger partial charge < -0.3 is 4.74 Å². The third-order valence-electron chi connectivity index (χ3n) is 4.72. The second-order valence-electron chi connectivity index (χ2n) is 7.35. The molecule has 0 aliphatic heterocycles. The monoisotopic (exact) mass is 390 g/mol. The zero-order valence-electron chi connectivity index (χ0n) is 17.1. The van der Waals surface area contributed by atoms with Gasteiger partial charge in [-0.1, -0.05) is 39.0 Å². The molecule has 0 saturated carbocycles. The first kappa shape index (κ1) is 22.3. The molecule has 0 bridgehead atoms. The molecule has 3 nitrogen and oxygen atoms in total. The molecule has 154 valence electrons. The van der Waals surface area contributed by atoms with Crippen LogP contribution in [0.2, 0.25) is 0 Å². The molecule has 1 aromatic carbocycles. The Labute approximate surface area is 167 Å². The molecule has 1 atom stereocenters. The molecular formula is C23H32F2N2O. The number of aryl methyl sites for hydroxylation is 1. The number of nitrogens with zero attached hydrogens (tertiary/aromatic N) is 2. The number of unbranched alkanes of at least 4 members (excludes halogenated alkanes) is 5. The highest BCUT2D eigenvalue weighted by Gasteiger charge is 2.10. The summed E-state index contributed by atoms with van der Waals surface area (Å²) < 4.78 is 32.9. The van der Waals surface area contributed by atoms with Crippen molar-refractivity contribution in [2.24, 2.45) is 0 Å². The van der Waals surface area contributed by atoms with Crippen LogP contribution in [0.5, 0.6) is 5.75 Å². The van der Waals surface area contributed by atoms with Crippen LogP contribution < -0.4 is 4.74 Å². The van der Waals surface area contributed by atoms with Crippen molar-refractivity contribution in [3.05, 3.63) is 42.0 Å². The van der Waals surface area contributed by atoms with Crippen LogP contribution in [0.4, 0.5) is 8.78 Å². The quantitative estimate of drug-likeness (QED) is 0.357. The number of alkyl halides is 1. The fourth-order valence-electron chi connectivity index (χ4n) is 3.05. The van der Waals surface area contributed by atoms with Gasteiger partial charge in [-0.05, 0) is 50.3 Å². The van der Waals surface area contributed by atoms with E-state index < -0.39 is 6.17 Å². The largest absolute Gasteiger partial charge is 0.493 e. The number of aromatic nitrogens is 2. The summed E-state index contributed by atoms with van der Waals surface area (Å²) in [6, 6.07) is 4.81. The number of hydrogen-bond acceptors (Lipinski definition) is 3. The molecule has 0 saturated heterocycles. The van der Waals surface area contributed by atoms with Gasteiger partial charge in [-0.3, -0.25) is 0 Å². The SMILES string of the molecule is CCCCCCCCOc1ccc(-c2ncc(CCCC(C)F)cn2)c(F)c1. The van der Waals surface area contributed by atoms with Crippen LogP contribution >= 0.6 is 0 Å². The standard InChI is InChI=1S/C23H32F2N2O/c1-3-4-5-6-7-8-14-28-20-12-13-21(22(25)15-20)23-26-16-19(17-27-23)11-9-10-18(2)24/h12-13,15-18H,3-11,14H2,1-2H3. The molecule has 1 aromatic heterocycles. The molecule has 0 N–H and O–H groups in total. The average molecular weight is 391 g/mol. The lowest BCUT2D eigenvalue weighted by molar-refractivity contribution is 0.303. The Morgan fingerprint density at radius 1 is 1.00 bits per heavy atom. The molecule has 1 heterocycles. The van der Waals surface area contributed by atoms with E-state index >= 15 is 0 Å². The van der Waals surface area contributed by atoms with Crippen molar-refractivity contribution in [1.82, 2.24) is 9.97 Å². The first-order valence-electron chi connectivity index (χ1n) is 10.5. The molecule has 0 aliphatic carbocycles. The van der Waals surface area contributed by atoms with E-state index in [4.69, 9.17) is 4.74 Å². The van der Waals surface area contributed by atoms with E-state index in [9.17, 15) is 8.78 Å². The van der Waals surface area contributed by atoms with Gasteiger partial charge in [0.2, 0.25) is 0 Å². The van der Waals surface area contributed by atoms with Crippen molar-refractivity contribution in [2.45, 2.75) is 77.8 Å². The van der Waals surface area contributed by atoms with Crippen molar-refractivity contribution in [2.75, 3.05) is 6.61 Å². The minimum atomic E-state index is -0.795. The summed E-state index contributed by atoms with van der Waals surface area (Å²) in [7, 11) is 0. The van der Waals surface area contributed by atoms with Crippen LogP contribution in [0.3, 0.4) is 0 Å². The van der Waals surface area contributed by atoms with Gasteiger partial charge in [0.05, 0.1) is 18.3 Å². The van der Waals surface area contributed by atoms with Crippen LogP contribution in [0, 0.1) is 5.82 Å². The molecule has 1 unspecified atom stereocenters. The van der Waals surface area contributed by atoms with Crippen molar-refractivity contribution in [3.63, 3.8) is 0 Å². The van der Waals surface area contributed by atoms with E-state index in [1.807, 2.05) is 0 Å². The van der Waals surface area contributed by atoms with Crippen molar-refractivity contribution in [3.8, 4) is 17.1 Å². The van der Waals surface area contributed by atoms with Gasteiger partial charge in [0.25, 0.3) is 0 Å². The number of ether oxygens (including phenoxy) is 1. The summed E-state index contributed by atoms with van der Waals surface area (Å²) >= 11 is 0. The summed E-state index contributed by atoms with van der Waals surface area (Å²) in [4.78, 5) is 8.52. The molecule has 2 aromatic rings. The van der Waals surface area contributed by atoms with Crippen molar-refractivity contribution in [1.29, 1.82) is 0 Å². The zero-order valence-corrected chi connectivity index (χ0v) is 17.1. The smallest absolute Gasteiger partial charge is 0.162 e. The van der Waals surface area contributed by atoms with Crippen LogP contribution in [-0.2, 0) is 6.42 Å². The molecule has 28 heavy (non-hydrogen) atoms. The van der Waals surface area contributed by atoms with E-state index in [0.29, 0.717) is 30.2 Å². The van der Waals surface area contributed by atoms with E-state index in [1.165, 1.54) is 31.7 Å². The van der Waals surface area contributed by atoms with Gasteiger partial charge in [0.15, 0.2) is 5.82 Å². The van der Waals surface area contributed by atoms with Gasteiger partial charge in [-0.15, -0.1) is 0 Å². The van der Waals surface area contributed by atoms with Gasteiger partial charge >= 0.3 is 0 Å². The van der Waals surface area contributed by atoms with E-state index in [2.05, 4.69) is 16.9 Å². The molecule has 5 heteroatoms. The second-order valence-corrected chi connectivity index (χ2v) is 7.35. The molecule has 0 fully saturated rings. The fourth-order valence-corrected chi connectivity index (χ4v) is 3.05. The Hall–Kier alpha value is -2.04. The molecule has 0 radical (unpaired) electrons. The van der Waals surface area contributed by atoms with Crippen LogP contribution in [0.15, 0.2) is 30.6 Å². The second kappa shape index (κ2) is 12.4. The van der Waals surface area contributed by atoms with Gasteiger partial charge in [-0.2, -0.15) is 0 Å². The normalized spacial score (nSPS) is 12.1. The highest BCUT2D eigenvalue weighted by atomic mass is 19.1. The van der Waals surface area contributed by atoms with Crippen LogP contribution in [0.25, 0.3) is 11.4 Å². The maximum absolute atomic E-state index is 14.4. The maximum atomic E-state index is 14.4. The molecule has 0 spiro atoms. The Morgan fingerprint density at radius 2 is 1.71 bits per heavy atom. The topological polar surface area (TPSA) is 35.0 Å². The molecule has 0 aliphatic rings. The number of halogens is 2. The lowest BCUT2D eigenvalue weighted by Gasteiger charge is -2.09. The van der Waals surface area contributed by atoms with E-state index in [1.54, 1.807) is 31.5 Å². The van der Waals surface area contributed by atoms with E-state index in [-0.39, 0.29) is 5.82 Å². The highest BCUT2D eigenvalue weighted by molar-refractivity contribution is 5.57. The fraction of sp³-hybridized carbons (Fsp3) is 0.565. The molecule has 0 amide bonds. The van der Waals surface area contributed by atoms with Crippen molar-refractivity contribution < 1.29 is 13.5 Å². The predicted octanol–water partition coefficient (Wildman–Crippen LogP) is 6.70. The lowest BCUT2D eigenvalue weighted by atomic mass is 10.1. The Morgan fingerprint density at radius 3 is 2.39 bits per heavy atom. The molecule has 2 rings (SSSR count). The summed E-state index contributed by atoms with van der Waals surface area (Å²) in [5, 5.41) is 0. The van der Waals surface area contributed by atoms with E-state index in [0.717, 1.165) is 31.2 Å². The Balaban J connectivity index is 1.82. The Kier molecular flexibility index (Phi) is 9.87. The third-order valence-corrected chi connectivity index (χ3v) is 4.72. The first-order chi connectivity index (χ1) is 13.6. The predicted molar refractivity (Wildman–Crippen MR) is 110 cm³/mol. The number of rotatable bonds is 13. The third kappa shape index (κ3) is 7.91.